The molecule has 18 heavy (non-hydrogen) atoms. The topological polar surface area (TPSA) is 52.7 Å². The van der Waals surface area contributed by atoms with E-state index < -0.39 is 0 Å². The number of hydrogen-bond acceptors (Lipinski definition) is 4. The number of nitrogens with zero attached hydrogens (tertiary/aromatic N) is 4. The molecule has 94 valence electrons. The molecule has 0 spiro atoms. The molecule has 0 aromatic carbocycles. The highest BCUT2D eigenvalue weighted by Crippen LogP contribution is 2.44. The van der Waals surface area contributed by atoms with Crippen LogP contribution >= 0.6 is 11.3 Å². The number of rotatable bonds is 4. The van der Waals surface area contributed by atoms with E-state index in [1.54, 1.807) is 4.57 Å². The molecule has 0 radical (unpaired) electrons. The van der Waals surface area contributed by atoms with Gasteiger partial charge < -0.3 is 4.57 Å². The fourth-order valence-electron chi connectivity index (χ4n) is 2.36. The van der Waals surface area contributed by atoms with Crippen molar-refractivity contribution in [3.05, 3.63) is 32.9 Å². The number of hydrogen-bond donors (Lipinski definition) is 0. The summed E-state index contributed by atoms with van der Waals surface area (Å²) >= 11 is 1.23. The lowest BCUT2D eigenvalue weighted by molar-refractivity contribution is 0.613. The molecule has 2 aliphatic rings. The Kier molecular flexibility index (Phi) is 2.20. The third-order valence-electron chi connectivity index (χ3n) is 3.60. The Bertz CT molecular complexity index is 633. The van der Waals surface area contributed by atoms with Crippen LogP contribution in [0.15, 0.2) is 16.4 Å². The third kappa shape index (κ3) is 1.71. The van der Waals surface area contributed by atoms with Crippen LogP contribution in [0.3, 0.4) is 0 Å². The van der Waals surface area contributed by atoms with Crippen LogP contribution in [0.1, 0.15) is 49.3 Å². The molecule has 2 aliphatic carbocycles. The van der Waals surface area contributed by atoms with Crippen LogP contribution in [-0.2, 0) is 6.54 Å². The first-order chi connectivity index (χ1) is 8.83. The second-order valence-electron chi connectivity index (χ2n) is 5.15. The molecule has 4 rings (SSSR count). The SMILES string of the molecule is O=c1sccn1Cc1nnc(C2CC2)n1C1CC1. The van der Waals surface area contributed by atoms with Gasteiger partial charge in [-0.2, -0.15) is 0 Å². The maximum atomic E-state index is 11.6. The molecule has 2 heterocycles. The molecule has 2 aromatic heterocycles. The maximum absolute atomic E-state index is 11.6. The van der Waals surface area contributed by atoms with E-state index in [4.69, 9.17) is 0 Å². The molecule has 0 aliphatic heterocycles. The van der Waals surface area contributed by atoms with Crippen molar-refractivity contribution in [1.82, 2.24) is 19.3 Å². The summed E-state index contributed by atoms with van der Waals surface area (Å²) in [4.78, 5) is 11.7. The molecule has 0 bridgehead atoms. The van der Waals surface area contributed by atoms with Crippen LogP contribution in [0, 0.1) is 0 Å². The quantitative estimate of drug-likeness (QED) is 0.843. The van der Waals surface area contributed by atoms with Gasteiger partial charge in [-0.15, -0.1) is 10.2 Å². The summed E-state index contributed by atoms with van der Waals surface area (Å²) in [5, 5.41) is 10.5. The predicted molar refractivity (Wildman–Crippen MR) is 67.9 cm³/mol. The van der Waals surface area contributed by atoms with E-state index in [9.17, 15) is 4.79 Å². The van der Waals surface area contributed by atoms with E-state index in [0.29, 0.717) is 18.5 Å². The van der Waals surface area contributed by atoms with Gasteiger partial charge in [-0.3, -0.25) is 9.36 Å². The average molecular weight is 262 g/mol. The molecule has 0 amide bonds. The Labute approximate surface area is 108 Å². The van der Waals surface area contributed by atoms with Gasteiger partial charge in [0.1, 0.15) is 5.82 Å². The zero-order chi connectivity index (χ0) is 12.1. The summed E-state index contributed by atoms with van der Waals surface area (Å²) in [5.41, 5.74) is 0. The van der Waals surface area contributed by atoms with Crippen molar-refractivity contribution in [3.63, 3.8) is 0 Å². The van der Waals surface area contributed by atoms with Crippen molar-refractivity contribution < 1.29 is 0 Å². The molecule has 0 saturated heterocycles. The summed E-state index contributed by atoms with van der Waals surface area (Å²) in [7, 11) is 0. The Balaban J connectivity index is 1.71. The highest BCUT2D eigenvalue weighted by molar-refractivity contribution is 7.07. The van der Waals surface area contributed by atoms with Crippen molar-refractivity contribution in [2.45, 2.75) is 44.2 Å². The van der Waals surface area contributed by atoms with Gasteiger partial charge in [0.25, 0.3) is 0 Å². The predicted octanol–water partition coefficient (Wildman–Crippen LogP) is 1.76. The molecule has 2 fully saturated rings. The summed E-state index contributed by atoms with van der Waals surface area (Å²) < 4.78 is 4.01. The maximum Gasteiger partial charge on any atom is 0.307 e. The van der Waals surface area contributed by atoms with Gasteiger partial charge in [-0.25, -0.2) is 0 Å². The number of aromatic nitrogens is 4. The summed E-state index contributed by atoms with van der Waals surface area (Å²) in [6.07, 6.45) is 6.76. The molecule has 0 N–H and O–H groups in total. The van der Waals surface area contributed by atoms with E-state index in [1.165, 1.54) is 37.0 Å². The molecular formula is C12H14N4OS. The molecule has 2 aromatic rings. The second-order valence-corrected chi connectivity index (χ2v) is 6.00. The van der Waals surface area contributed by atoms with Crippen LogP contribution in [-0.4, -0.2) is 19.3 Å². The lowest BCUT2D eigenvalue weighted by Crippen LogP contribution is -2.16. The first kappa shape index (κ1) is 10.5. The first-order valence-corrected chi connectivity index (χ1v) is 7.28. The van der Waals surface area contributed by atoms with E-state index in [0.717, 1.165) is 11.6 Å². The van der Waals surface area contributed by atoms with Crippen molar-refractivity contribution in [2.75, 3.05) is 0 Å². The fraction of sp³-hybridized carbons (Fsp3) is 0.583. The van der Waals surface area contributed by atoms with Crippen molar-refractivity contribution in [2.24, 2.45) is 0 Å². The zero-order valence-electron chi connectivity index (χ0n) is 9.95. The van der Waals surface area contributed by atoms with E-state index >= 15 is 0 Å². The van der Waals surface area contributed by atoms with Crippen molar-refractivity contribution in [1.29, 1.82) is 0 Å². The van der Waals surface area contributed by atoms with Crippen molar-refractivity contribution >= 4 is 11.3 Å². The Morgan fingerprint density at radius 1 is 1.28 bits per heavy atom. The molecule has 6 heteroatoms. The molecule has 0 atom stereocenters. The van der Waals surface area contributed by atoms with Crippen molar-refractivity contribution in [3.8, 4) is 0 Å². The highest BCUT2D eigenvalue weighted by atomic mass is 32.1. The normalized spacial score (nSPS) is 19.3. The van der Waals surface area contributed by atoms with Crippen LogP contribution in [0.5, 0.6) is 0 Å². The van der Waals surface area contributed by atoms with Gasteiger partial charge in [0, 0.05) is 23.5 Å². The largest absolute Gasteiger partial charge is 0.310 e. The smallest absolute Gasteiger partial charge is 0.307 e. The van der Waals surface area contributed by atoms with Crippen LogP contribution in [0.25, 0.3) is 0 Å². The van der Waals surface area contributed by atoms with E-state index in [2.05, 4.69) is 14.8 Å². The molecule has 5 nitrogen and oxygen atoms in total. The van der Waals surface area contributed by atoms with Gasteiger partial charge >= 0.3 is 4.87 Å². The Morgan fingerprint density at radius 2 is 2.11 bits per heavy atom. The van der Waals surface area contributed by atoms with Gasteiger partial charge in [0.15, 0.2) is 5.82 Å². The van der Waals surface area contributed by atoms with Crippen LogP contribution < -0.4 is 4.87 Å². The van der Waals surface area contributed by atoms with Gasteiger partial charge in [0.2, 0.25) is 0 Å². The van der Waals surface area contributed by atoms with Gasteiger partial charge in [0.05, 0.1) is 6.54 Å². The summed E-state index contributed by atoms with van der Waals surface area (Å²) in [5.74, 6) is 2.71. The minimum atomic E-state index is 0.0771. The monoisotopic (exact) mass is 262 g/mol. The first-order valence-electron chi connectivity index (χ1n) is 6.40. The molecular weight excluding hydrogens is 248 g/mol. The molecule has 0 unspecified atom stereocenters. The third-order valence-corrected chi connectivity index (χ3v) is 4.30. The zero-order valence-corrected chi connectivity index (χ0v) is 10.8. The van der Waals surface area contributed by atoms with E-state index in [1.807, 2.05) is 11.6 Å². The average Bonchev–Trinajstić information content (AvgIpc) is 3.28. The minimum absolute atomic E-state index is 0.0771. The van der Waals surface area contributed by atoms with Crippen LogP contribution in [0.2, 0.25) is 0 Å². The summed E-state index contributed by atoms with van der Waals surface area (Å²) in [6, 6.07) is 0.583. The minimum Gasteiger partial charge on any atom is -0.310 e. The van der Waals surface area contributed by atoms with E-state index in [-0.39, 0.29) is 4.87 Å². The lowest BCUT2D eigenvalue weighted by Gasteiger charge is -2.08. The lowest BCUT2D eigenvalue weighted by atomic mass is 10.4. The second kappa shape index (κ2) is 3.78. The number of thiazole rings is 1. The summed E-state index contributed by atoms with van der Waals surface area (Å²) in [6.45, 7) is 0.554. The molecule has 2 saturated carbocycles. The Morgan fingerprint density at radius 3 is 2.72 bits per heavy atom. The van der Waals surface area contributed by atoms with Gasteiger partial charge in [-0.1, -0.05) is 11.3 Å². The standard InChI is InChI=1S/C12H14N4OS/c17-12-15(5-6-18-12)7-10-13-14-11(8-1-2-8)16(10)9-3-4-9/h5-6,8-9H,1-4,7H2. The Hall–Kier alpha value is -1.43. The van der Waals surface area contributed by atoms with Crippen LogP contribution in [0.4, 0.5) is 0 Å². The highest BCUT2D eigenvalue weighted by Gasteiger charge is 2.36. The van der Waals surface area contributed by atoms with Gasteiger partial charge in [-0.05, 0) is 25.7 Å². The fourth-order valence-corrected chi connectivity index (χ4v) is 2.94.